The number of nitrogens with one attached hydrogen (secondary N) is 2. The van der Waals surface area contributed by atoms with Gasteiger partial charge in [-0.2, -0.15) is 0 Å². The van der Waals surface area contributed by atoms with E-state index in [0.29, 0.717) is 44.3 Å². The average Bonchev–Trinajstić information content (AvgIpc) is 2.86. The SMILES string of the molecule is COc1ccc(NC[C@@H](NC(=O)[C@@H](CC(=O)N2CCOCC2)c2ccc(F)cc2)C(C)C)cn1. The van der Waals surface area contributed by atoms with Gasteiger partial charge >= 0.3 is 0 Å². The molecule has 34 heavy (non-hydrogen) atoms. The fourth-order valence-corrected chi connectivity index (χ4v) is 3.74. The van der Waals surface area contributed by atoms with Gasteiger partial charge in [-0.1, -0.05) is 26.0 Å². The van der Waals surface area contributed by atoms with E-state index in [0.717, 1.165) is 5.69 Å². The number of morpholine rings is 1. The minimum absolute atomic E-state index is 0.0120. The molecule has 0 unspecified atom stereocenters. The van der Waals surface area contributed by atoms with Crippen molar-refractivity contribution in [1.29, 1.82) is 0 Å². The second kappa shape index (κ2) is 12.3. The van der Waals surface area contributed by atoms with Crippen LogP contribution in [0.3, 0.4) is 0 Å². The molecule has 0 radical (unpaired) electrons. The Balaban J connectivity index is 1.70. The Bertz CT molecular complexity index is 931. The fourth-order valence-electron chi connectivity index (χ4n) is 3.74. The minimum Gasteiger partial charge on any atom is -0.481 e. The van der Waals surface area contributed by atoms with Crippen molar-refractivity contribution < 1.29 is 23.5 Å². The van der Waals surface area contributed by atoms with Gasteiger partial charge < -0.3 is 25.0 Å². The fraction of sp³-hybridized carbons (Fsp3) is 0.480. The van der Waals surface area contributed by atoms with Crippen LogP contribution in [0.4, 0.5) is 10.1 Å². The summed E-state index contributed by atoms with van der Waals surface area (Å²) in [6.07, 6.45) is 1.68. The van der Waals surface area contributed by atoms with Crippen LogP contribution in [0.2, 0.25) is 0 Å². The Morgan fingerprint density at radius 1 is 1.15 bits per heavy atom. The lowest BCUT2D eigenvalue weighted by molar-refractivity contribution is -0.138. The van der Waals surface area contributed by atoms with Crippen molar-refractivity contribution in [3.05, 3.63) is 54.0 Å². The zero-order valence-electron chi connectivity index (χ0n) is 19.9. The highest BCUT2D eigenvalue weighted by Crippen LogP contribution is 2.23. The number of amides is 2. The summed E-state index contributed by atoms with van der Waals surface area (Å²) in [7, 11) is 1.56. The zero-order chi connectivity index (χ0) is 24.5. The Kier molecular flexibility index (Phi) is 9.21. The minimum atomic E-state index is -0.722. The number of ether oxygens (including phenoxy) is 2. The molecule has 0 spiro atoms. The number of nitrogens with zero attached hydrogens (tertiary/aromatic N) is 2. The highest BCUT2D eigenvalue weighted by atomic mass is 19.1. The third-order valence-electron chi connectivity index (χ3n) is 5.94. The van der Waals surface area contributed by atoms with E-state index in [2.05, 4.69) is 15.6 Å². The number of carbonyl (C=O) groups is 2. The third kappa shape index (κ3) is 7.15. The monoisotopic (exact) mass is 472 g/mol. The van der Waals surface area contributed by atoms with E-state index in [-0.39, 0.29) is 36.0 Å². The van der Waals surface area contributed by atoms with Gasteiger partial charge in [0.05, 0.1) is 38.1 Å². The normalized spacial score (nSPS) is 15.5. The van der Waals surface area contributed by atoms with Crippen LogP contribution in [0.25, 0.3) is 0 Å². The van der Waals surface area contributed by atoms with E-state index in [1.165, 1.54) is 12.1 Å². The topological polar surface area (TPSA) is 92.8 Å². The molecule has 2 N–H and O–H groups in total. The van der Waals surface area contributed by atoms with Crippen molar-refractivity contribution in [3.63, 3.8) is 0 Å². The highest BCUT2D eigenvalue weighted by molar-refractivity contribution is 5.90. The molecular formula is C25H33FN4O4. The lowest BCUT2D eigenvalue weighted by atomic mass is 9.92. The van der Waals surface area contributed by atoms with E-state index < -0.39 is 5.92 Å². The van der Waals surface area contributed by atoms with Gasteiger partial charge in [0.15, 0.2) is 0 Å². The van der Waals surface area contributed by atoms with Crippen molar-refractivity contribution in [3.8, 4) is 5.88 Å². The van der Waals surface area contributed by atoms with E-state index in [4.69, 9.17) is 9.47 Å². The molecule has 1 saturated heterocycles. The first-order chi connectivity index (χ1) is 16.4. The summed E-state index contributed by atoms with van der Waals surface area (Å²) in [5.74, 6) is -0.838. The van der Waals surface area contributed by atoms with E-state index in [9.17, 15) is 14.0 Å². The predicted octanol–water partition coefficient (Wildman–Crippen LogP) is 2.81. The van der Waals surface area contributed by atoms with Crippen LogP contribution in [0.1, 0.15) is 31.7 Å². The van der Waals surface area contributed by atoms with Crippen LogP contribution in [0, 0.1) is 11.7 Å². The van der Waals surface area contributed by atoms with Gasteiger partial charge in [0, 0.05) is 38.2 Å². The predicted molar refractivity (Wildman–Crippen MR) is 127 cm³/mol. The van der Waals surface area contributed by atoms with Crippen LogP contribution < -0.4 is 15.4 Å². The van der Waals surface area contributed by atoms with Gasteiger partial charge in [-0.3, -0.25) is 9.59 Å². The average molecular weight is 473 g/mol. The highest BCUT2D eigenvalue weighted by Gasteiger charge is 2.29. The summed E-state index contributed by atoms with van der Waals surface area (Å²) in [6.45, 7) is 6.50. The van der Waals surface area contributed by atoms with Crippen molar-refractivity contribution in [2.24, 2.45) is 5.92 Å². The molecule has 1 aliphatic rings. The second-order valence-electron chi connectivity index (χ2n) is 8.63. The van der Waals surface area contributed by atoms with Crippen molar-refractivity contribution >= 4 is 17.5 Å². The quantitative estimate of drug-likeness (QED) is 0.553. The Morgan fingerprint density at radius 2 is 1.85 bits per heavy atom. The zero-order valence-corrected chi connectivity index (χ0v) is 19.9. The third-order valence-corrected chi connectivity index (χ3v) is 5.94. The van der Waals surface area contributed by atoms with Gasteiger partial charge in [-0.15, -0.1) is 0 Å². The summed E-state index contributed by atoms with van der Waals surface area (Å²) >= 11 is 0. The van der Waals surface area contributed by atoms with Gasteiger partial charge in [0.25, 0.3) is 0 Å². The van der Waals surface area contributed by atoms with Gasteiger partial charge in [-0.05, 0) is 29.7 Å². The first-order valence-corrected chi connectivity index (χ1v) is 11.5. The molecule has 1 aliphatic heterocycles. The van der Waals surface area contributed by atoms with Gasteiger partial charge in [-0.25, -0.2) is 9.37 Å². The maximum absolute atomic E-state index is 13.5. The van der Waals surface area contributed by atoms with E-state index in [1.54, 1.807) is 36.4 Å². The maximum Gasteiger partial charge on any atom is 0.228 e. The van der Waals surface area contributed by atoms with Gasteiger partial charge in [0.1, 0.15) is 5.82 Å². The molecule has 2 aromatic rings. The number of hydrogen-bond acceptors (Lipinski definition) is 6. The van der Waals surface area contributed by atoms with Crippen LogP contribution in [-0.2, 0) is 14.3 Å². The number of pyridine rings is 1. The number of aromatic nitrogens is 1. The molecule has 2 atom stereocenters. The molecule has 184 valence electrons. The number of hydrogen-bond donors (Lipinski definition) is 2. The van der Waals surface area contributed by atoms with Crippen LogP contribution in [-0.4, -0.2) is 67.7 Å². The Morgan fingerprint density at radius 3 is 2.44 bits per heavy atom. The number of rotatable bonds is 10. The first-order valence-electron chi connectivity index (χ1n) is 11.5. The Hall–Kier alpha value is -3.20. The number of methoxy groups -OCH3 is 1. The maximum atomic E-state index is 13.5. The van der Waals surface area contributed by atoms with Crippen LogP contribution >= 0.6 is 0 Å². The molecular weight excluding hydrogens is 439 g/mol. The molecule has 0 saturated carbocycles. The van der Waals surface area contributed by atoms with Crippen molar-refractivity contribution in [1.82, 2.24) is 15.2 Å². The van der Waals surface area contributed by atoms with E-state index >= 15 is 0 Å². The molecule has 9 heteroatoms. The van der Waals surface area contributed by atoms with E-state index in [1.807, 2.05) is 19.9 Å². The summed E-state index contributed by atoms with van der Waals surface area (Å²) in [4.78, 5) is 32.2. The smallest absolute Gasteiger partial charge is 0.228 e. The largest absolute Gasteiger partial charge is 0.481 e. The molecule has 2 heterocycles. The molecule has 0 bridgehead atoms. The second-order valence-corrected chi connectivity index (χ2v) is 8.63. The molecule has 3 rings (SSSR count). The standard InChI is InChI=1S/C25H33FN4O4/c1-17(2)22(16-27-20-8-9-23(33-3)28-15-20)29-25(32)21(18-4-6-19(26)7-5-18)14-24(31)30-10-12-34-13-11-30/h4-9,15,17,21-22,27H,10-14,16H2,1-3H3,(H,29,32)/t21-,22+/m0/s1. The number of benzene rings is 1. The van der Waals surface area contributed by atoms with Crippen molar-refractivity contribution in [2.45, 2.75) is 32.2 Å². The molecule has 0 aliphatic carbocycles. The number of carbonyl (C=O) groups excluding carboxylic acids is 2. The Labute approximate surface area is 199 Å². The molecule has 2 amide bonds. The number of anilines is 1. The molecule has 1 fully saturated rings. The van der Waals surface area contributed by atoms with Crippen LogP contribution in [0.15, 0.2) is 42.6 Å². The number of halogens is 1. The molecule has 8 nitrogen and oxygen atoms in total. The van der Waals surface area contributed by atoms with Crippen molar-refractivity contribution in [2.75, 3.05) is 45.3 Å². The lowest BCUT2D eigenvalue weighted by Gasteiger charge is -2.30. The summed E-state index contributed by atoms with van der Waals surface area (Å²) < 4.78 is 23.9. The molecule has 1 aromatic carbocycles. The summed E-state index contributed by atoms with van der Waals surface area (Å²) in [5.41, 5.74) is 1.41. The van der Waals surface area contributed by atoms with Crippen LogP contribution in [0.5, 0.6) is 5.88 Å². The summed E-state index contributed by atoms with van der Waals surface area (Å²) in [6, 6.07) is 9.17. The summed E-state index contributed by atoms with van der Waals surface area (Å²) in [5, 5.41) is 6.39. The first kappa shape index (κ1) is 25.4. The van der Waals surface area contributed by atoms with Gasteiger partial charge in [0.2, 0.25) is 17.7 Å². The lowest BCUT2D eigenvalue weighted by Crippen LogP contribution is -2.47. The molecule has 1 aromatic heterocycles.